The molecule has 0 aliphatic heterocycles. The minimum Gasteiger partial charge on any atom is -0.466 e. The van der Waals surface area contributed by atoms with E-state index in [-0.39, 0.29) is 18.3 Å². The lowest BCUT2D eigenvalue weighted by Gasteiger charge is -2.16. The van der Waals surface area contributed by atoms with Crippen LogP contribution in [0.1, 0.15) is 29.3 Å². The normalized spacial score (nSPS) is 10.1. The van der Waals surface area contributed by atoms with Crippen molar-refractivity contribution in [3.05, 3.63) is 21.9 Å². The van der Waals surface area contributed by atoms with Gasteiger partial charge in [-0.05, 0) is 24.8 Å². The minimum atomic E-state index is -0.269. The van der Waals surface area contributed by atoms with Crippen LogP contribution in [-0.4, -0.2) is 37.0 Å². The molecule has 94 valence electrons. The van der Waals surface area contributed by atoms with E-state index in [1.54, 1.807) is 18.9 Å². The van der Waals surface area contributed by atoms with E-state index >= 15 is 0 Å². The van der Waals surface area contributed by atoms with Crippen molar-refractivity contribution in [2.24, 2.45) is 0 Å². The van der Waals surface area contributed by atoms with Gasteiger partial charge in [-0.15, -0.1) is 0 Å². The molecule has 4 nitrogen and oxygen atoms in total. The van der Waals surface area contributed by atoms with E-state index in [9.17, 15) is 9.59 Å². The molecule has 0 fully saturated rings. The molecule has 5 heteroatoms. The van der Waals surface area contributed by atoms with Gasteiger partial charge in [0.25, 0.3) is 5.91 Å². The third-order valence-corrected chi connectivity index (χ3v) is 3.25. The molecule has 1 rings (SSSR count). The number of esters is 1. The number of rotatable bonds is 5. The van der Waals surface area contributed by atoms with E-state index in [0.717, 1.165) is 5.56 Å². The van der Waals surface area contributed by atoms with Gasteiger partial charge in [0, 0.05) is 19.0 Å². The van der Waals surface area contributed by atoms with Crippen LogP contribution < -0.4 is 0 Å². The zero-order valence-electron chi connectivity index (χ0n) is 10.4. The number of carbonyl (C=O) groups excluding carboxylic acids is 2. The highest BCUT2D eigenvalue weighted by molar-refractivity contribution is 7.08. The first kappa shape index (κ1) is 13.7. The van der Waals surface area contributed by atoms with Crippen LogP contribution in [0.25, 0.3) is 0 Å². The maximum absolute atomic E-state index is 12.0. The predicted molar refractivity (Wildman–Crippen MR) is 67.3 cm³/mol. The van der Waals surface area contributed by atoms with E-state index in [2.05, 4.69) is 0 Å². The maximum Gasteiger partial charge on any atom is 0.307 e. The second-order valence-electron chi connectivity index (χ2n) is 3.75. The van der Waals surface area contributed by atoms with E-state index in [0.29, 0.717) is 18.7 Å². The number of hydrogen-bond donors (Lipinski definition) is 0. The van der Waals surface area contributed by atoms with Gasteiger partial charge >= 0.3 is 5.97 Å². The summed E-state index contributed by atoms with van der Waals surface area (Å²) in [5.74, 6) is -0.317. The molecule has 0 saturated heterocycles. The summed E-state index contributed by atoms with van der Waals surface area (Å²) >= 11 is 1.51. The van der Waals surface area contributed by atoms with Crippen molar-refractivity contribution < 1.29 is 14.3 Å². The van der Waals surface area contributed by atoms with Crippen molar-refractivity contribution in [3.63, 3.8) is 0 Å². The van der Waals surface area contributed by atoms with Crippen molar-refractivity contribution >= 4 is 23.2 Å². The van der Waals surface area contributed by atoms with Crippen LogP contribution in [0, 0.1) is 6.92 Å². The van der Waals surface area contributed by atoms with Gasteiger partial charge in [0.05, 0.1) is 18.6 Å². The number of hydrogen-bond acceptors (Lipinski definition) is 4. The molecule has 0 spiro atoms. The maximum atomic E-state index is 12.0. The average molecular weight is 255 g/mol. The quantitative estimate of drug-likeness (QED) is 0.757. The fourth-order valence-corrected chi connectivity index (χ4v) is 2.20. The monoisotopic (exact) mass is 255 g/mol. The Morgan fingerprint density at radius 2 is 2.12 bits per heavy atom. The van der Waals surface area contributed by atoms with Crippen molar-refractivity contribution in [2.45, 2.75) is 20.3 Å². The Balaban J connectivity index is 2.48. The van der Waals surface area contributed by atoms with Gasteiger partial charge < -0.3 is 9.64 Å². The summed E-state index contributed by atoms with van der Waals surface area (Å²) in [4.78, 5) is 24.7. The fraction of sp³-hybridized carbons (Fsp3) is 0.500. The molecule has 0 unspecified atom stereocenters. The molecule has 17 heavy (non-hydrogen) atoms. The zero-order chi connectivity index (χ0) is 12.8. The Hall–Kier alpha value is -1.36. The largest absolute Gasteiger partial charge is 0.466 e. The first-order valence-electron chi connectivity index (χ1n) is 5.50. The molecule has 0 aliphatic rings. The van der Waals surface area contributed by atoms with Crippen LogP contribution in [0.15, 0.2) is 10.8 Å². The lowest BCUT2D eigenvalue weighted by Crippen LogP contribution is -2.29. The van der Waals surface area contributed by atoms with Gasteiger partial charge in [-0.2, -0.15) is 11.3 Å². The molecule has 0 bridgehead atoms. The van der Waals surface area contributed by atoms with Crippen LogP contribution in [0.4, 0.5) is 0 Å². The van der Waals surface area contributed by atoms with Gasteiger partial charge in [0.2, 0.25) is 0 Å². The summed E-state index contributed by atoms with van der Waals surface area (Å²) in [5.41, 5.74) is 1.68. The van der Waals surface area contributed by atoms with Crippen molar-refractivity contribution in [1.82, 2.24) is 4.90 Å². The number of amides is 1. The third kappa shape index (κ3) is 3.85. The predicted octanol–water partition coefficient (Wildman–Crippen LogP) is 2.08. The van der Waals surface area contributed by atoms with Crippen LogP contribution in [-0.2, 0) is 9.53 Å². The van der Waals surface area contributed by atoms with Crippen LogP contribution >= 0.6 is 11.3 Å². The van der Waals surface area contributed by atoms with E-state index in [1.165, 1.54) is 11.3 Å². The van der Waals surface area contributed by atoms with Gasteiger partial charge in [-0.3, -0.25) is 9.59 Å². The third-order valence-electron chi connectivity index (χ3n) is 2.39. The molecule has 0 aromatic carbocycles. The molecule has 0 atom stereocenters. The molecule has 0 saturated carbocycles. The minimum absolute atomic E-state index is 0.0481. The first-order valence-corrected chi connectivity index (χ1v) is 6.44. The number of carbonyl (C=O) groups is 2. The van der Waals surface area contributed by atoms with Crippen molar-refractivity contribution in [1.29, 1.82) is 0 Å². The van der Waals surface area contributed by atoms with Crippen LogP contribution in [0.2, 0.25) is 0 Å². The lowest BCUT2D eigenvalue weighted by molar-refractivity contribution is -0.143. The Morgan fingerprint density at radius 3 is 2.65 bits per heavy atom. The summed E-state index contributed by atoms with van der Waals surface area (Å²) in [5, 5.41) is 3.77. The van der Waals surface area contributed by atoms with Crippen molar-refractivity contribution in [3.8, 4) is 0 Å². The molecular formula is C12H17NO3S. The molecule has 0 radical (unpaired) electrons. The number of thiophene rings is 1. The Labute approximate surface area is 105 Å². The summed E-state index contributed by atoms with van der Waals surface area (Å²) < 4.78 is 4.81. The summed E-state index contributed by atoms with van der Waals surface area (Å²) in [7, 11) is 1.69. The fourth-order valence-electron chi connectivity index (χ4n) is 1.38. The van der Waals surface area contributed by atoms with E-state index in [1.807, 2.05) is 17.7 Å². The SMILES string of the molecule is CCOC(=O)CCN(C)C(=O)c1cscc1C. The second-order valence-corrected chi connectivity index (χ2v) is 4.49. The molecule has 0 N–H and O–H groups in total. The lowest BCUT2D eigenvalue weighted by atomic mass is 10.2. The summed E-state index contributed by atoms with van der Waals surface area (Å²) in [6.07, 6.45) is 0.235. The van der Waals surface area contributed by atoms with E-state index < -0.39 is 0 Å². The highest BCUT2D eigenvalue weighted by Crippen LogP contribution is 2.15. The molecule has 0 aliphatic carbocycles. The molecule has 1 heterocycles. The highest BCUT2D eigenvalue weighted by Gasteiger charge is 2.15. The van der Waals surface area contributed by atoms with E-state index in [4.69, 9.17) is 4.74 Å². The number of nitrogens with zero attached hydrogens (tertiary/aromatic N) is 1. The summed E-state index contributed by atoms with van der Waals surface area (Å²) in [6, 6.07) is 0. The molecule has 1 amide bonds. The number of aryl methyl sites for hydroxylation is 1. The molecule has 1 aromatic rings. The van der Waals surface area contributed by atoms with Crippen molar-refractivity contribution in [2.75, 3.05) is 20.2 Å². The Morgan fingerprint density at radius 1 is 1.41 bits per heavy atom. The van der Waals surface area contributed by atoms with Gasteiger partial charge in [0.15, 0.2) is 0 Å². The van der Waals surface area contributed by atoms with Gasteiger partial charge in [-0.25, -0.2) is 0 Å². The highest BCUT2D eigenvalue weighted by atomic mass is 32.1. The standard InChI is InChI=1S/C12H17NO3S/c1-4-16-11(14)5-6-13(3)12(15)10-8-17-7-9(10)2/h7-8H,4-6H2,1-3H3. The Kier molecular flexibility index (Phi) is 5.15. The zero-order valence-corrected chi connectivity index (χ0v) is 11.2. The topological polar surface area (TPSA) is 46.6 Å². The van der Waals surface area contributed by atoms with Gasteiger partial charge in [-0.1, -0.05) is 0 Å². The number of ether oxygens (including phenoxy) is 1. The molecular weight excluding hydrogens is 238 g/mol. The smallest absolute Gasteiger partial charge is 0.307 e. The Bertz CT molecular complexity index is 400. The van der Waals surface area contributed by atoms with Crippen LogP contribution in [0.5, 0.6) is 0 Å². The van der Waals surface area contributed by atoms with Gasteiger partial charge in [0.1, 0.15) is 0 Å². The van der Waals surface area contributed by atoms with Crippen LogP contribution in [0.3, 0.4) is 0 Å². The average Bonchev–Trinajstić information content (AvgIpc) is 2.71. The summed E-state index contributed by atoms with van der Waals surface area (Å²) in [6.45, 7) is 4.43. The molecule has 1 aromatic heterocycles. The second kappa shape index (κ2) is 6.39. The first-order chi connectivity index (χ1) is 8.06.